The highest BCUT2D eigenvalue weighted by molar-refractivity contribution is 7.89. The molecule has 0 atom stereocenters. The van der Waals surface area contributed by atoms with Crippen LogP contribution < -0.4 is 4.90 Å². The zero-order chi connectivity index (χ0) is 18.7. The van der Waals surface area contributed by atoms with Crippen molar-refractivity contribution in [1.29, 1.82) is 0 Å². The van der Waals surface area contributed by atoms with Gasteiger partial charge >= 0.3 is 0 Å². The van der Waals surface area contributed by atoms with E-state index in [1.807, 2.05) is 24.3 Å². The normalized spacial score (nSPS) is 15.5. The zero-order valence-electron chi connectivity index (χ0n) is 14.4. The molecule has 26 heavy (non-hydrogen) atoms. The van der Waals surface area contributed by atoms with Crippen LogP contribution in [-0.4, -0.2) is 46.1 Å². The Hall–Kier alpha value is -2.03. The van der Waals surface area contributed by atoms with Gasteiger partial charge in [0.05, 0.1) is 18.1 Å². The van der Waals surface area contributed by atoms with Crippen molar-refractivity contribution in [2.75, 3.05) is 38.3 Å². The zero-order valence-corrected chi connectivity index (χ0v) is 15.2. The van der Waals surface area contributed by atoms with Gasteiger partial charge in [0.1, 0.15) is 0 Å². The van der Waals surface area contributed by atoms with E-state index in [-0.39, 0.29) is 11.4 Å². The van der Waals surface area contributed by atoms with Crippen LogP contribution in [0, 0.1) is 11.6 Å². The molecule has 0 spiro atoms. The Kier molecular flexibility index (Phi) is 5.55. The first kappa shape index (κ1) is 18.8. The molecule has 2 aromatic carbocycles. The summed E-state index contributed by atoms with van der Waals surface area (Å²) in [4.78, 5) is 1.93. The molecule has 0 radical (unpaired) electrons. The van der Waals surface area contributed by atoms with Crippen LogP contribution in [0.15, 0.2) is 47.4 Å². The number of hydrogen-bond donors (Lipinski definition) is 0. The minimum absolute atomic E-state index is 0.130. The van der Waals surface area contributed by atoms with Crippen molar-refractivity contribution >= 4 is 15.7 Å². The van der Waals surface area contributed by atoms with E-state index in [2.05, 4.69) is 4.90 Å². The largest absolute Gasteiger partial charge is 0.378 e. The lowest BCUT2D eigenvalue weighted by atomic mass is 10.2. The Morgan fingerprint density at radius 2 is 1.69 bits per heavy atom. The van der Waals surface area contributed by atoms with E-state index in [1.165, 1.54) is 7.05 Å². The fourth-order valence-electron chi connectivity index (χ4n) is 2.79. The number of halogens is 2. The minimum atomic E-state index is -3.91. The molecule has 1 aliphatic rings. The van der Waals surface area contributed by atoms with Gasteiger partial charge in [-0.15, -0.1) is 0 Å². The summed E-state index contributed by atoms with van der Waals surface area (Å²) in [7, 11) is -2.50. The maximum Gasteiger partial charge on any atom is 0.243 e. The number of hydrogen-bond acceptors (Lipinski definition) is 4. The molecule has 1 saturated heterocycles. The van der Waals surface area contributed by atoms with Crippen LogP contribution in [0.25, 0.3) is 0 Å². The molecular formula is C18H20F2N2O3S. The average molecular weight is 382 g/mol. The summed E-state index contributed by atoms with van der Waals surface area (Å²) in [6.45, 7) is 3.16. The van der Waals surface area contributed by atoms with Gasteiger partial charge in [0.15, 0.2) is 11.6 Å². The quantitative estimate of drug-likeness (QED) is 0.798. The van der Waals surface area contributed by atoms with E-state index < -0.39 is 21.7 Å². The molecule has 3 rings (SSSR count). The molecule has 0 N–H and O–H groups in total. The Morgan fingerprint density at radius 1 is 1.04 bits per heavy atom. The molecule has 1 heterocycles. The van der Waals surface area contributed by atoms with E-state index in [9.17, 15) is 17.2 Å². The van der Waals surface area contributed by atoms with Gasteiger partial charge < -0.3 is 9.64 Å². The summed E-state index contributed by atoms with van der Waals surface area (Å²) in [5.74, 6) is -2.26. The summed E-state index contributed by atoms with van der Waals surface area (Å²) in [6.07, 6.45) is 0. The van der Waals surface area contributed by atoms with Crippen molar-refractivity contribution in [3.8, 4) is 0 Å². The number of benzene rings is 2. The highest BCUT2D eigenvalue weighted by Gasteiger charge is 2.22. The molecule has 2 aromatic rings. The topological polar surface area (TPSA) is 49.9 Å². The molecule has 0 bridgehead atoms. The SMILES string of the molecule is CN(Cc1ccc(N2CCOCC2)cc1)S(=O)(=O)c1ccc(F)c(F)c1. The van der Waals surface area contributed by atoms with E-state index in [4.69, 9.17) is 4.74 Å². The van der Waals surface area contributed by atoms with Crippen molar-refractivity contribution in [1.82, 2.24) is 4.31 Å². The molecule has 0 aromatic heterocycles. The summed E-state index contributed by atoms with van der Waals surface area (Å²) >= 11 is 0. The third-order valence-electron chi connectivity index (χ3n) is 4.32. The lowest BCUT2D eigenvalue weighted by molar-refractivity contribution is 0.122. The predicted octanol–water partition coefficient (Wildman–Crippen LogP) is 2.62. The van der Waals surface area contributed by atoms with Crippen LogP contribution >= 0.6 is 0 Å². The minimum Gasteiger partial charge on any atom is -0.378 e. The van der Waals surface area contributed by atoms with Crippen molar-refractivity contribution in [2.45, 2.75) is 11.4 Å². The Bertz CT molecular complexity index is 867. The van der Waals surface area contributed by atoms with Crippen LogP contribution in [0.5, 0.6) is 0 Å². The first-order chi connectivity index (χ1) is 12.4. The summed E-state index contributed by atoms with van der Waals surface area (Å²) in [5.41, 5.74) is 1.86. The Balaban J connectivity index is 1.72. The van der Waals surface area contributed by atoms with Gasteiger partial charge in [-0.25, -0.2) is 17.2 Å². The molecule has 0 unspecified atom stereocenters. The fourth-order valence-corrected chi connectivity index (χ4v) is 3.96. The molecule has 0 amide bonds. The second kappa shape index (κ2) is 7.69. The molecule has 5 nitrogen and oxygen atoms in total. The third kappa shape index (κ3) is 4.03. The molecular weight excluding hydrogens is 362 g/mol. The number of ether oxygens (including phenoxy) is 1. The lowest BCUT2D eigenvalue weighted by Crippen LogP contribution is -2.36. The van der Waals surface area contributed by atoms with Crippen molar-refractivity contribution < 1.29 is 21.9 Å². The highest BCUT2D eigenvalue weighted by atomic mass is 32.2. The van der Waals surface area contributed by atoms with Gasteiger partial charge in [0.25, 0.3) is 0 Å². The van der Waals surface area contributed by atoms with Gasteiger partial charge in [0.2, 0.25) is 10.0 Å². The average Bonchev–Trinajstić information content (AvgIpc) is 2.65. The third-order valence-corrected chi connectivity index (χ3v) is 6.12. The number of rotatable bonds is 5. The van der Waals surface area contributed by atoms with Gasteiger partial charge in [0, 0.05) is 32.4 Å². The first-order valence-electron chi connectivity index (χ1n) is 8.21. The second-order valence-electron chi connectivity index (χ2n) is 6.10. The number of nitrogens with zero attached hydrogens (tertiary/aromatic N) is 2. The van der Waals surface area contributed by atoms with Crippen LogP contribution in [0.2, 0.25) is 0 Å². The van der Waals surface area contributed by atoms with Crippen LogP contribution in [-0.2, 0) is 21.3 Å². The fraction of sp³-hybridized carbons (Fsp3) is 0.333. The molecule has 140 valence electrons. The first-order valence-corrected chi connectivity index (χ1v) is 9.65. The molecule has 1 aliphatic heterocycles. The second-order valence-corrected chi connectivity index (χ2v) is 8.15. The van der Waals surface area contributed by atoms with E-state index in [0.29, 0.717) is 19.3 Å². The maximum atomic E-state index is 13.3. The molecule has 0 aliphatic carbocycles. The molecule has 0 saturated carbocycles. The van der Waals surface area contributed by atoms with Gasteiger partial charge in [-0.3, -0.25) is 0 Å². The smallest absolute Gasteiger partial charge is 0.243 e. The number of morpholine rings is 1. The number of anilines is 1. The monoisotopic (exact) mass is 382 g/mol. The Morgan fingerprint density at radius 3 is 2.31 bits per heavy atom. The van der Waals surface area contributed by atoms with Gasteiger partial charge in [-0.05, 0) is 35.9 Å². The predicted molar refractivity (Wildman–Crippen MR) is 94.5 cm³/mol. The van der Waals surface area contributed by atoms with Gasteiger partial charge in [-0.2, -0.15) is 4.31 Å². The van der Waals surface area contributed by atoms with E-state index >= 15 is 0 Å². The maximum absolute atomic E-state index is 13.3. The number of sulfonamides is 1. The highest BCUT2D eigenvalue weighted by Crippen LogP contribution is 2.21. The van der Waals surface area contributed by atoms with E-state index in [0.717, 1.165) is 40.8 Å². The van der Waals surface area contributed by atoms with Crippen LogP contribution in [0.1, 0.15) is 5.56 Å². The summed E-state index contributed by atoms with van der Waals surface area (Å²) in [6, 6.07) is 10.2. The summed E-state index contributed by atoms with van der Waals surface area (Å²) < 4.78 is 57.9. The van der Waals surface area contributed by atoms with Gasteiger partial charge in [-0.1, -0.05) is 12.1 Å². The van der Waals surface area contributed by atoms with Crippen LogP contribution in [0.3, 0.4) is 0 Å². The Labute approximate surface area is 151 Å². The van der Waals surface area contributed by atoms with Crippen molar-refractivity contribution in [2.24, 2.45) is 0 Å². The standard InChI is InChI=1S/C18H20F2N2O3S/c1-21(26(23,24)16-6-7-17(19)18(20)12-16)13-14-2-4-15(5-3-14)22-8-10-25-11-9-22/h2-7,12H,8-11,13H2,1H3. The van der Waals surface area contributed by atoms with Crippen molar-refractivity contribution in [3.63, 3.8) is 0 Å². The summed E-state index contributed by atoms with van der Waals surface area (Å²) in [5, 5.41) is 0. The molecule has 1 fully saturated rings. The van der Waals surface area contributed by atoms with Crippen molar-refractivity contribution in [3.05, 3.63) is 59.7 Å². The lowest BCUT2D eigenvalue weighted by Gasteiger charge is -2.29. The molecule has 8 heteroatoms. The van der Waals surface area contributed by atoms with E-state index in [1.54, 1.807) is 0 Å². The van der Waals surface area contributed by atoms with Crippen LogP contribution in [0.4, 0.5) is 14.5 Å².